The lowest BCUT2D eigenvalue weighted by atomic mass is 9.56. The summed E-state index contributed by atoms with van der Waals surface area (Å²) in [5, 5.41) is 0. The molecule has 2 N–H and O–H groups in total. The first-order valence-corrected chi connectivity index (χ1v) is 8.21. The van der Waals surface area contributed by atoms with Gasteiger partial charge in [-0.2, -0.15) is 0 Å². The number of piperidine rings is 1. The molecule has 0 bridgehead atoms. The highest BCUT2D eigenvalue weighted by molar-refractivity contribution is 5.03. The second-order valence-electron chi connectivity index (χ2n) is 7.21. The Bertz CT molecular complexity index is 273. The average molecular weight is 250 g/mol. The van der Waals surface area contributed by atoms with Crippen LogP contribution in [0.2, 0.25) is 0 Å². The third-order valence-corrected chi connectivity index (χ3v) is 6.23. The summed E-state index contributed by atoms with van der Waals surface area (Å²) < 4.78 is 0. The maximum Gasteiger partial charge on any atom is 0.0152 e. The summed E-state index contributed by atoms with van der Waals surface area (Å²) in [6, 6.07) is 1.34. The Morgan fingerprint density at radius 3 is 2.17 bits per heavy atom. The molecule has 1 spiro atoms. The molecular weight excluding hydrogens is 220 g/mol. The molecule has 3 fully saturated rings. The molecule has 3 rings (SSSR count). The van der Waals surface area contributed by atoms with E-state index in [1.807, 2.05) is 0 Å². The van der Waals surface area contributed by atoms with Gasteiger partial charge in [0.15, 0.2) is 0 Å². The molecule has 0 aromatic carbocycles. The Balaban J connectivity index is 1.56. The van der Waals surface area contributed by atoms with Crippen molar-refractivity contribution >= 4 is 0 Å². The van der Waals surface area contributed by atoms with Gasteiger partial charge >= 0.3 is 0 Å². The number of hydrogen-bond donors (Lipinski definition) is 1. The molecule has 2 heteroatoms. The van der Waals surface area contributed by atoms with Crippen molar-refractivity contribution in [2.24, 2.45) is 17.1 Å². The summed E-state index contributed by atoms with van der Waals surface area (Å²) in [6.45, 7) is 4.82. The van der Waals surface area contributed by atoms with E-state index in [9.17, 15) is 0 Å². The van der Waals surface area contributed by atoms with Crippen LogP contribution in [0, 0.1) is 11.3 Å². The summed E-state index contributed by atoms with van der Waals surface area (Å²) in [5.41, 5.74) is 6.80. The molecule has 2 atom stereocenters. The van der Waals surface area contributed by atoms with Gasteiger partial charge in [0.25, 0.3) is 0 Å². The number of hydrogen-bond acceptors (Lipinski definition) is 2. The van der Waals surface area contributed by atoms with Crippen molar-refractivity contribution in [3.8, 4) is 0 Å². The Morgan fingerprint density at radius 2 is 1.67 bits per heavy atom. The maximum atomic E-state index is 6.05. The van der Waals surface area contributed by atoms with Crippen molar-refractivity contribution in [3.05, 3.63) is 0 Å². The standard InChI is InChI=1S/C16H30N2/c1-13(17)14-6-11-18(12-7-14)15-5-10-16(15)8-3-2-4-9-16/h13-15H,2-12,17H2,1H3. The van der Waals surface area contributed by atoms with Crippen LogP contribution in [0.1, 0.15) is 64.7 Å². The van der Waals surface area contributed by atoms with E-state index in [1.54, 1.807) is 0 Å². The molecule has 2 nitrogen and oxygen atoms in total. The van der Waals surface area contributed by atoms with Crippen LogP contribution in [0.5, 0.6) is 0 Å². The summed E-state index contributed by atoms with van der Waals surface area (Å²) in [5.74, 6) is 0.781. The molecule has 0 radical (unpaired) electrons. The van der Waals surface area contributed by atoms with Gasteiger partial charge in [0, 0.05) is 12.1 Å². The van der Waals surface area contributed by atoms with Crippen molar-refractivity contribution < 1.29 is 0 Å². The summed E-state index contributed by atoms with van der Waals surface area (Å²) in [7, 11) is 0. The minimum Gasteiger partial charge on any atom is -0.328 e. The fourth-order valence-corrected chi connectivity index (χ4v) is 4.85. The quantitative estimate of drug-likeness (QED) is 0.815. The van der Waals surface area contributed by atoms with E-state index in [2.05, 4.69) is 11.8 Å². The molecule has 1 heterocycles. The Morgan fingerprint density at radius 1 is 1.00 bits per heavy atom. The SMILES string of the molecule is CC(N)C1CCN(C2CCC23CCCCC3)CC1. The fraction of sp³-hybridized carbons (Fsp3) is 1.00. The number of nitrogens with two attached hydrogens (primary N) is 1. The minimum atomic E-state index is 0.400. The lowest BCUT2D eigenvalue weighted by molar-refractivity contribution is -0.0650. The molecule has 2 unspecified atom stereocenters. The molecule has 1 saturated heterocycles. The van der Waals surface area contributed by atoms with E-state index < -0.39 is 0 Å². The van der Waals surface area contributed by atoms with Crippen LogP contribution in [-0.2, 0) is 0 Å². The van der Waals surface area contributed by atoms with Crippen molar-refractivity contribution in [2.75, 3.05) is 13.1 Å². The summed E-state index contributed by atoms with van der Waals surface area (Å²) >= 11 is 0. The maximum absolute atomic E-state index is 6.05. The van der Waals surface area contributed by atoms with Gasteiger partial charge in [-0.25, -0.2) is 0 Å². The lowest BCUT2D eigenvalue weighted by Gasteiger charge is -2.57. The van der Waals surface area contributed by atoms with E-state index in [-0.39, 0.29) is 0 Å². The Kier molecular flexibility index (Phi) is 3.68. The second kappa shape index (κ2) is 5.13. The van der Waals surface area contributed by atoms with Gasteiger partial charge in [-0.15, -0.1) is 0 Å². The second-order valence-corrected chi connectivity index (χ2v) is 7.21. The molecule has 0 amide bonds. The first-order valence-electron chi connectivity index (χ1n) is 8.21. The van der Waals surface area contributed by atoms with E-state index in [4.69, 9.17) is 5.73 Å². The van der Waals surface area contributed by atoms with E-state index in [0.29, 0.717) is 6.04 Å². The summed E-state index contributed by atoms with van der Waals surface area (Å²) in [4.78, 5) is 2.83. The van der Waals surface area contributed by atoms with Crippen LogP contribution in [0.15, 0.2) is 0 Å². The topological polar surface area (TPSA) is 29.3 Å². The van der Waals surface area contributed by atoms with Crippen LogP contribution in [-0.4, -0.2) is 30.1 Å². The zero-order valence-corrected chi connectivity index (χ0v) is 12.0. The molecule has 2 aliphatic carbocycles. The lowest BCUT2D eigenvalue weighted by Crippen LogP contribution is -2.58. The monoisotopic (exact) mass is 250 g/mol. The predicted octanol–water partition coefficient (Wildman–Crippen LogP) is 3.16. The molecule has 0 aromatic heterocycles. The Hall–Kier alpha value is -0.0800. The van der Waals surface area contributed by atoms with Gasteiger partial charge < -0.3 is 5.73 Å². The zero-order valence-electron chi connectivity index (χ0n) is 12.0. The van der Waals surface area contributed by atoms with Crippen molar-refractivity contribution in [1.82, 2.24) is 4.90 Å². The van der Waals surface area contributed by atoms with Crippen LogP contribution < -0.4 is 5.73 Å². The molecule has 3 aliphatic rings. The largest absolute Gasteiger partial charge is 0.328 e. The minimum absolute atomic E-state index is 0.400. The number of nitrogens with zero attached hydrogens (tertiary/aromatic N) is 1. The Labute approximate surface area is 112 Å². The summed E-state index contributed by atoms with van der Waals surface area (Å²) in [6.07, 6.45) is 13.2. The van der Waals surface area contributed by atoms with Gasteiger partial charge in [-0.05, 0) is 69.9 Å². The highest BCUT2D eigenvalue weighted by atomic mass is 15.2. The molecule has 18 heavy (non-hydrogen) atoms. The van der Waals surface area contributed by atoms with Gasteiger partial charge in [0.05, 0.1) is 0 Å². The van der Waals surface area contributed by atoms with Crippen molar-refractivity contribution in [3.63, 3.8) is 0 Å². The third kappa shape index (κ3) is 2.22. The first kappa shape index (κ1) is 12.9. The third-order valence-electron chi connectivity index (χ3n) is 6.23. The molecule has 104 valence electrons. The van der Waals surface area contributed by atoms with Crippen LogP contribution in [0.4, 0.5) is 0 Å². The van der Waals surface area contributed by atoms with Crippen molar-refractivity contribution in [2.45, 2.75) is 76.8 Å². The van der Waals surface area contributed by atoms with Gasteiger partial charge in [0.1, 0.15) is 0 Å². The van der Waals surface area contributed by atoms with Gasteiger partial charge in [-0.1, -0.05) is 19.3 Å². The van der Waals surface area contributed by atoms with Crippen LogP contribution in [0.3, 0.4) is 0 Å². The number of likely N-dealkylation sites (tertiary alicyclic amines) is 1. The molecule has 0 aromatic rings. The van der Waals surface area contributed by atoms with E-state index >= 15 is 0 Å². The van der Waals surface area contributed by atoms with E-state index in [0.717, 1.165) is 17.4 Å². The van der Waals surface area contributed by atoms with Crippen molar-refractivity contribution in [1.29, 1.82) is 0 Å². The highest BCUT2D eigenvalue weighted by Gasteiger charge is 2.49. The molecule has 2 saturated carbocycles. The van der Waals surface area contributed by atoms with Gasteiger partial charge in [-0.3, -0.25) is 4.90 Å². The van der Waals surface area contributed by atoms with Gasteiger partial charge in [0.2, 0.25) is 0 Å². The molecular formula is C16H30N2. The molecule has 1 aliphatic heterocycles. The van der Waals surface area contributed by atoms with Crippen LogP contribution in [0.25, 0.3) is 0 Å². The van der Waals surface area contributed by atoms with E-state index in [1.165, 1.54) is 70.9 Å². The average Bonchev–Trinajstić information content (AvgIpc) is 2.39. The van der Waals surface area contributed by atoms with Crippen LogP contribution >= 0.6 is 0 Å². The normalized spacial score (nSPS) is 35.3. The fourth-order valence-electron chi connectivity index (χ4n) is 4.85. The first-order chi connectivity index (χ1) is 8.71. The predicted molar refractivity (Wildman–Crippen MR) is 76.5 cm³/mol. The highest BCUT2D eigenvalue weighted by Crippen LogP contribution is 2.54. The zero-order chi connectivity index (χ0) is 12.6. The smallest absolute Gasteiger partial charge is 0.0152 e. The number of rotatable bonds is 2.